The zero-order valence-electron chi connectivity index (χ0n) is 10.8. The van der Waals surface area contributed by atoms with Crippen LogP contribution in [0.4, 0.5) is 5.69 Å². The molecular formula is C12H14N2O5S. The van der Waals surface area contributed by atoms with Gasteiger partial charge in [0.15, 0.2) is 15.4 Å². The number of anilines is 1. The van der Waals surface area contributed by atoms with Crippen LogP contribution in [0.5, 0.6) is 0 Å². The molecule has 20 heavy (non-hydrogen) atoms. The number of aromatic nitrogens is 1. The Morgan fingerprint density at radius 2 is 2.20 bits per heavy atom. The number of oxazole rings is 1. The molecule has 1 heterocycles. The molecule has 0 saturated heterocycles. The Bertz CT molecular complexity index is 735. The Labute approximate surface area is 115 Å². The normalized spacial score (nSPS) is 11.7. The van der Waals surface area contributed by atoms with Gasteiger partial charge in [0.05, 0.1) is 25.0 Å². The summed E-state index contributed by atoms with van der Waals surface area (Å²) in [5.41, 5.74) is 7.01. The number of nitrogen functional groups attached to an aromatic ring is 1. The maximum absolute atomic E-state index is 11.8. The summed E-state index contributed by atoms with van der Waals surface area (Å²) >= 11 is 0. The first-order valence-corrected chi connectivity index (χ1v) is 7.64. The largest absolute Gasteiger partial charge is 0.469 e. The molecule has 0 unspecified atom stereocenters. The molecule has 0 aliphatic heterocycles. The lowest BCUT2D eigenvalue weighted by atomic mass is 10.3. The zero-order chi connectivity index (χ0) is 14.8. The van der Waals surface area contributed by atoms with E-state index in [9.17, 15) is 13.2 Å². The summed E-state index contributed by atoms with van der Waals surface area (Å²) in [6.07, 6.45) is -0.193. The van der Waals surface area contributed by atoms with Gasteiger partial charge in [0.25, 0.3) is 0 Å². The maximum Gasteiger partial charge on any atom is 0.306 e. The summed E-state index contributed by atoms with van der Waals surface area (Å²) < 4.78 is 33.4. The van der Waals surface area contributed by atoms with Crippen molar-refractivity contribution in [2.24, 2.45) is 0 Å². The third-order valence-electron chi connectivity index (χ3n) is 2.68. The fourth-order valence-electron chi connectivity index (χ4n) is 1.68. The van der Waals surface area contributed by atoms with Crippen LogP contribution in [0.15, 0.2) is 22.6 Å². The molecule has 2 rings (SSSR count). The average molecular weight is 298 g/mol. The lowest BCUT2D eigenvalue weighted by Crippen LogP contribution is -2.14. The number of carbonyl (C=O) groups is 1. The van der Waals surface area contributed by atoms with Crippen LogP contribution in [0.25, 0.3) is 11.1 Å². The van der Waals surface area contributed by atoms with E-state index >= 15 is 0 Å². The summed E-state index contributed by atoms with van der Waals surface area (Å²) in [5, 5.41) is 0. The van der Waals surface area contributed by atoms with Crippen molar-refractivity contribution in [1.29, 1.82) is 0 Å². The number of nitrogens with two attached hydrogens (primary N) is 1. The van der Waals surface area contributed by atoms with E-state index in [0.29, 0.717) is 16.8 Å². The molecule has 8 heteroatoms. The number of methoxy groups -OCH3 is 1. The third kappa shape index (κ3) is 3.27. The molecule has 1 aromatic heterocycles. The fraction of sp³-hybridized carbons (Fsp3) is 0.333. The first-order chi connectivity index (χ1) is 9.41. The standard InChI is InChI=1S/C12H14N2O5S/c1-18-11(15)5-6-20(16,17)7-10-14-12-8(13)3-2-4-9(12)19-10/h2-4H,5-7,13H2,1H3. The Balaban J connectivity index is 2.15. The van der Waals surface area contributed by atoms with Crippen molar-refractivity contribution >= 4 is 32.6 Å². The Kier molecular flexibility index (Phi) is 3.93. The fourth-order valence-corrected chi connectivity index (χ4v) is 2.80. The van der Waals surface area contributed by atoms with E-state index in [1.165, 1.54) is 7.11 Å². The lowest BCUT2D eigenvalue weighted by molar-refractivity contribution is -0.140. The summed E-state index contributed by atoms with van der Waals surface area (Å²) in [4.78, 5) is 15.0. The van der Waals surface area contributed by atoms with Gasteiger partial charge < -0.3 is 14.9 Å². The minimum atomic E-state index is -3.50. The number of esters is 1. The molecule has 0 spiro atoms. The number of rotatable bonds is 5. The van der Waals surface area contributed by atoms with Crippen molar-refractivity contribution in [2.75, 3.05) is 18.6 Å². The van der Waals surface area contributed by atoms with Gasteiger partial charge >= 0.3 is 5.97 Å². The smallest absolute Gasteiger partial charge is 0.306 e. The number of benzene rings is 1. The molecule has 0 bridgehead atoms. The number of nitrogens with zero attached hydrogens (tertiary/aromatic N) is 1. The van der Waals surface area contributed by atoms with Gasteiger partial charge in [0.2, 0.25) is 5.89 Å². The predicted octanol–water partition coefficient (Wildman–Crippen LogP) is 0.888. The minimum Gasteiger partial charge on any atom is -0.469 e. The van der Waals surface area contributed by atoms with Crippen molar-refractivity contribution < 1.29 is 22.4 Å². The zero-order valence-corrected chi connectivity index (χ0v) is 11.6. The molecule has 0 fully saturated rings. The van der Waals surface area contributed by atoms with Crippen LogP contribution in [0.3, 0.4) is 0 Å². The Hall–Kier alpha value is -2.09. The van der Waals surface area contributed by atoms with Gasteiger partial charge in [-0.05, 0) is 12.1 Å². The molecule has 1 aromatic carbocycles. The highest BCUT2D eigenvalue weighted by Crippen LogP contribution is 2.22. The average Bonchev–Trinajstić information content (AvgIpc) is 2.79. The van der Waals surface area contributed by atoms with Crippen LogP contribution >= 0.6 is 0 Å². The van der Waals surface area contributed by atoms with Crippen LogP contribution in [-0.2, 0) is 25.1 Å². The number of hydrogen-bond donors (Lipinski definition) is 1. The van der Waals surface area contributed by atoms with E-state index in [2.05, 4.69) is 9.72 Å². The number of carbonyl (C=O) groups excluding carboxylic acids is 1. The second-order valence-electron chi connectivity index (χ2n) is 4.22. The van der Waals surface area contributed by atoms with E-state index in [0.717, 1.165) is 0 Å². The number of fused-ring (bicyclic) bond motifs is 1. The molecule has 7 nitrogen and oxygen atoms in total. The summed E-state index contributed by atoms with van der Waals surface area (Å²) in [7, 11) is -2.29. The molecule has 108 valence electrons. The quantitative estimate of drug-likeness (QED) is 0.644. The second kappa shape index (κ2) is 5.49. The summed E-state index contributed by atoms with van der Waals surface area (Å²) in [6, 6.07) is 5.00. The van der Waals surface area contributed by atoms with Crippen LogP contribution < -0.4 is 5.73 Å². The topological polar surface area (TPSA) is 112 Å². The lowest BCUT2D eigenvalue weighted by Gasteiger charge is -2.00. The highest BCUT2D eigenvalue weighted by Gasteiger charge is 2.19. The van der Waals surface area contributed by atoms with Crippen LogP contribution in [0, 0.1) is 0 Å². The molecule has 0 amide bonds. The molecule has 0 aliphatic carbocycles. The minimum absolute atomic E-state index is 0.0581. The molecule has 2 N–H and O–H groups in total. The molecular weight excluding hydrogens is 284 g/mol. The van der Waals surface area contributed by atoms with Gasteiger partial charge in [-0.2, -0.15) is 0 Å². The van der Waals surface area contributed by atoms with Crippen molar-refractivity contribution in [3.63, 3.8) is 0 Å². The molecule has 2 aromatic rings. The van der Waals surface area contributed by atoms with Crippen molar-refractivity contribution in [1.82, 2.24) is 4.98 Å². The van der Waals surface area contributed by atoms with Crippen LogP contribution in [0.2, 0.25) is 0 Å². The number of para-hydroxylation sites is 1. The van der Waals surface area contributed by atoms with E-state index in [4.69, 9.17) is 10.2 Å². The van der Waals surface area contributed by atoms with Crippen molar-refractivity contribution in [3.8, 4) is 0 Å². The molecule has 0 saturated carbocycles. The van der Waals surface area contributed by atoms with Crippen LogP contribution in [0.1, 0.15) is 12.3 Å². The van der Waals surface area contributed by atoms with Gasteiger partial charge in [0, 0.05) is 0 Å². The summed E-state index contributed by atoms with van der Waals surface area (Å²) in [6.45, 7) is 0. The predicted molar refractivity (Wildman–Crippen MR) is 72.5 cm³/mol. The van der Waals surface area contributed by atoms with E-state index < -0.39 is 15.8 Å². The highest BCUT2D eigenvalue weighted by molar-refractivity contribution is 7.90. The monoisotopic (exact) mass is 298 g/mol. The second-order valence-corrected chi connectivity index (χ2v) is 6.40. The van der Waals surface area contributed by atoms with Crippen LogP contribution in [-0.4, -0.2) is 32.2 Å². The Morgan fingerprint density at radius 1 is 1.45 bits per heavy atom. The SMILES string of the molecule is COC(=O)CCS(=O)(=O)Cc1nc2c(N)cccc2o1. The van der Waals surface area contributed by atoms with E-state index in [1.807, 2.05) is 0 Å². The van der Waals surface area contributed by atoms with Gasteiger partial charge in [0.1, 0.15) is 11.3 Å². The summed E-state index contributed by atoms with van der Waals surface area (Å²) in [5.74, 6) is -1.20. The van der Waals surface area contributed by atoms with Crippen molar-refractivity contribution in [2.45, 2.75) is 12.2 Å². The highest BCUT2D eigenvalue weighted by atomic mass is 32.2. The van der Waals surface area contributed by atoms with Crippen molar-refractivity contribution in [3.05, 3.63) is 24.1 Å². The van der Waals surface area contributed by atoms with E-state index in [-0.39, 0.29) is 23.8 Å². The maximum atomic E-state index is 11.8. The van der Waals surface area contributed by atoms with E-state index in [1.54, 1.807) is 18.2 Å². The van der Waals surface area contributed by atoms with Gasteiger partial charge in [-0.15, -0.1) is 0 Å². The molecule has 0 atom stereocenters. The number of sulfone groups is 1. The van der Waals surface area contributed by atoms with Gasteiger partial charge in [-0.3, -0.25) is 4.79 Å². The third-order valence-corrected chi connectivity index (χ3v) is 4.20. The number of ether oxygens (including phenoxy) is 1. The first kappa shape index (κ1) is 14.3. The van der Waals surface area contributed by atoms with Gasteiger partial charge in [-0.25, -0.2) is 13.4 Å². The number of hydrogen-bond acceptors (Lipinski definition) is 7. The first-order valence-electron chi connectivity index (χ1n) is 5.82. The molecule has 0 radical (unpaired) electrons. The van der Waals surface area contributed by atoms with Gasteiger partial charge in [-0.1, -0.05) is 6.07 Å². The molecule has 0 aliphatic rings. The Morgan fingerprint density at radius 3 is 2.85 bits per heavy atom.